The van der Waals surface area contributed by atoms with E-state index in [1.165, 1.54) is 38.5 Å². The molecule has 4 bridgehead atoms. The first-order valence-electron chi connectivity index (χ1n) is 10.7. The summed E-state index contributed by atoms with van der Waals surface area (Å²) < 4.78 is 0. The summed E-state index contributed by atoms with van der Waals surface area (Å²) in [5, 5.41) is 12.5. The molecule has 0 aromatic carbocycles. The molecule has 2 N–H and O–H groups in total. The fourth-order valence-electron chi connectivity index (χ4n) is 6.83. The maximum Gasteiger partial charge on any atom is 0.266 e. The minimum Gasteiger partial charge on any atom is -0.353 e. The van der Waals surface area contributed by atoms with E-state index >= 15 is 0 Å². The van der Waals surface area contributed by atoms with Gasteiger partial charge in [0.05, 0.1) is 0 Å². The Bertz CT molecular complexity index is 857. The number of H-pyrrole nitrogens is 1. The highest BCUT2D eigenvalue weighted by Gasteiger charge is 2.53. The maximum atomic E-state index is 12.7. The number of rotatable bonds is 5. The predicted octanol–water partition coefficient (Wildman–Crippen LogP) is 3.52. The number of hydrogen-bond acceptors (Lipinski definition) is 3. The van der Waals surface area contributed by atoms with Crippen molar-refractivity contribution in [2.45, 2.75) is 78.2 Å². The van der Waals surface area contributed by atoms with Crippen LogP contribution < -0.4 is 10.9 Å². The van der Waals surface area contributed by atoms with Crippen molar-refractivity contribution in [1.29, 1.82) is 5.26 Å². The first kappa shape index (κ1) is 19.2. The number of pyridine rings is 1. The lowest BCUT2D eigenvalue weighted by atomic mass is 9.48. The van der Waals surface area contributed by atoms with E-state index in [0.717, 1.165) is 29.0 Å². The van der Waals surface area contributed by atoms with Crippen LogP contribution in [0.15, 0.2) is 4.79 Å². The van der Waals surface area contributed by atoms with E-state index in [0.29, 0.717) is 23.8 Å². The number of carbonyl (C=O) groups excluding carboxylic acids is 1. The van der Waals surface area contributed by atoms with Crippen molar-refractivity contribution in [1.82, 2.24) is 10.3 Å². The highest BCUT2D eigenvalue weighted by molar-refractivity contribution is 5.76. The number of hydrogen-bond donors (Lipinski definition) is 2. The van der Waals surface area contributed by atoms with Gasteiger partial charge < -0.3 is 10.3 Å². The molecule has 1 amide bonds. The summed E-state index contributed by atoms with van der Waals surface area (Å²) in [4.78, 5) is 27.3. The fourth-order valence-corrected chi connectivity index (χ4v) is 6.83. The van der Waals surface area contributed by atoms with E-state index in [1.807, 2.05) is 13.0 Å². The summed E-state index contributed by atoms with van der Waals surface area (Å²) in [5.74, 6) is 2.70. The summed E-state index contributed by atoms with van der Waals surface area (Å²) in [6.07, 6.45) is 9.00. The van der Waals surface area contributed by atoms with Gasteiger partial charge in [0.1, 0.15) is 11.6 Å². The molecule has 5 nitrogen and oxygen atoms in total. The molecule has 5 rings (SSSR count). The van der Waals surface area contributed by atoms with Gasteiger partial charge in [-0.15, -0.1) is 0 Å². The molecular formula is C23H31N3O2. The van der Waals surface area contributed by atoms with E-state index in [-0.39, 0.29) is 23.1 Å². The molecule has 1 atom stereocenters. The van der Waals surface area contributed by atoms with Gasteiger partial charge in [-0.05, 0) is 100 Å². The summed E-state index contributed by atoms with van der Waals surface area (Å²) >= 11 is 0. The summed E-state index contributed by atoms with van der Waals surface area (Å²) in [6.45, 7) is 5.84. The number of aromatic amines is 1. The van der Waals surface area contributed by atoms with Gasteiger partial charge in [-0.1, -0.05) is 0 Å². The number of nitrogens with one attached hydrogen (secondary N) is 2. The molecule has 150 valence electrons. The molecule has 0 spiro atoms. The van der Waals surface area contributed by atoms with Crippen LogP contribution in [0.3, 0.4) is 0 Å². The van der Waals surface area contributed by atoms with E-state index < -0.39 is 0 Å². The molecule has 4 fully saturated rings. The second-order valence-corrected chi connectivity index (χ2v) is 9.74. The molecular weight excluding hydrogens is 350 g/mol. The van der Waals surface area contributed by atoms with Crippen molar-refractivity contribution in [2.24, 2.45) is 23.2 Å². The van der Waals surface area contributed by atoms with Crippen molar-refractivity contribution in [2.75, 3.05) is 0 Å². The normalized spacial score (nSPS) is 31.4. The van der Waals surface area contributed by atoms with Crippen LogP contribution in [0.4, 0.5) is 0 Å². The van der Waals surface area contributed by atoms with Crippen molar-refractivity contribution < 1.29 is 4.79 Å². The number of aryl methyl sites for hydroxylation is 1. The van der Waals surface area contributed by atoms with Crippen LogP contribution in [0.5, 0.6) is 0 Å². The van der Waals surface area contributed by atoms with E-state index in [1.54, 1.807) is 6.92 Å². The van der Waals surface area contributed by atoms with Gasteiger partial charge in [0.15, 0.2) is 0 Å². The van der Waals surface area contributed by atoms with Crippen LogP contribution in [-0.4, -0.2) is 16.9 Å². The molecule has 4 saturated carbocycles. The molecule has 0 aliphatic heterocycles. The first-order valence-corrected chi connectivity index (χ1v) is 10.7. The van der Waals surface area contributed by atoms with Gasteiger partial charge in [0.25, 0.3) is 5.56 Å². The van der Waals surface area contributed by atoms with Gasteiger partial charge >= 0.3 is 0 Å². The summed E-state index contributed by atoms with van der Waals surface area (Å²) in [6, 6.07) is 2.20. The summed E-state index contributed by atoms with van der Waals surface area (Å²) in [7, 11) is 0. The van der Waals surface area contributed by atoms with Crippen LogP contribution in [-0.2, 0) is 11.2 Å². The van der Waals surface area contributed by atoms with E-state index in [4.69, 9.17) is 0 Å². The van der Waals surface area contributed by atoms with Crippen molar-refractivity contribution >= 4 is 5.91 Å². The molecule has 28 heavy (non-hydrogen) atoms. The molecule has 1 aromatic rings. The average Bonchev–Trinajstić information content (AvgIpc) is 2.60. The Morgan fingerprint density at radius 1 is 1.21 bits per heavy atom. The lowest BCUT2D eigenvalue weighted by Gasteiger charge is -2.59. The minimum atomic E-state index is -0.346. The van der Waals surface area contributed by atoms with Crippen LogP contribution >= 0.6 is 0 Å². The summed E-state index contributed by atoms with van der Waals surface area (Å²) in [5.41, 5.74) is 2.48. The van der Waals surface area contributed by atoms with Crippen LogP contribution in [0, 0.1) is 48.3 Å². The predicted molar refractivity (Wildman–Crippen MR) is 108 cm³/mol. The highest BCUT2D eigenvalue weighted by atomic mass is 16.1. The topological polar surface area (TPSA) is 85.8 Å². The Balaban J connectivity index is 1.41. The molecule has 1 aromatic heterocycles. The third-order valence-corrected chi connectivity index (χ3v) is 7.90. The highest BCUT2D eigenvalue weighted by Crippen LogP contribution is 2.61. The van der Waals surface area contributed by atoms with Gasteiger partial charge in [0, 0.05) is 18.2 Å². The number of amides is 1. The molecule has 4 aliphatic rings. The van der Waals surface area contributed by atoms with Crippen molar-refractivity contribution in [3.63, 3.8) is 0 Å². The Labute approximate surface area is 166 Å². The number of aromatic nitrogens is 1. The van der Waals surface area contributed by atoms with Crippen molar-refractivity contribution in [3.05, 3.63) is 32.7 Å². The Morgan fingerprint density at radius 3 is 2.32 bits per heavy atom. The molecule has 0 saturated heterocycles. The lowest BCUT2D eigenvalue weighted by molar-refractivity contribution is -0.125. The smallest absolute Gasteiger partial charge is 0.266 e. The number of carbonyl (C=O) groups is 1. The van der Waals surface area contributed by atoms with Gasteiger partial charge in [-0.25, -0.2) is 0 Å². The molecule has 0 unspecified atom stereocenters. The van der Waals surface area contributed by atoms with Crippen LogP contribution in [0.2, 0.25) is 0 Å². The largest absolute Gasteiger partial charge is 0.353 e. The fraction of sp³-hybridized carbons (Fsp3) is 0.696. The SMILES string of the molecule is Cc1[nH]c(=O)c(C#N)c(C)c1CCC(=O)N[C@@H](C)C12CC3CC(CC(C3)C1)C2. The second-order valence-electron chi connectivity index (χ2n) is 9.74. The third-order valence-electron chi connectivity index (χ3n) is 7.90. The Hall–Kier alpha value is -2.09. The van der Waals surface area contributed by atoms with Crippen molar-refractivity contribution in [3.8, 4) is 6.07 Å². The standard InChI is InChI=1S/C23H31N3O2/c1-13-19(14(2)25-22(28)20(13)12-24)4-5-21(27)26-15(3)23-9-16-6-17(10-23)8-18(7-16)11-23/h15-18H,4-11H2,1-3H3,(H,25,28)(H,26,27)/t15-,16?,17?,18?,23?/m0/s1. The molecule has 4 aliphatic carbocycles. The Kier molecular flexibility index (Phi) is 4.85. The third kappa shape index (κ3) is 3.27. The van der Waals surface area contributed by atoms with Crippen LogP contribution in [0.1, 0.15) is 74.3 Å². The minimum absolute atomic E-state index is 0.0757. The van der Waals surface area contributed by atoms with E-state index in [2.05, 4.69) is 17.2 Å². The Morgan fingerprint density at radius 2 is 1.79 bits per heavy atom. The van der Waals surface area contributed by atoms with E-state index in [9.17, 15) is 14.9 Å². The molecule has 1 heterocycles. The molecule has 0 radical (unpaired) electrons. The van der Waals surface area contributed by atoms with Crippen LogP contribution in [0.25, 0.3) is 0 Å². The van der Waals surface area contributed by atoms with Gasteiger partial charge in [-0.2, -0.15) is 5.26 Å². The lowest BCUT2D eigenvalue weighted by Crippen LogP contribution is -2.55. The second kappa shape index (κ2) is 7.06. The molecule has 5 heteroatoms. The van der Waals surface area contributed by atoms with Gasteiger partial charge in [-0.3, -0.25) is 9.59 Å². The first-order chi connectivity index (χ1) is 13.3. The quantitative estimate of drug-likeness (QED) is 0.818. The van der Waals surface area contributed by atoms with Gasteiger partial charge in [0.2, 0.25) is 5.91 Å². The maximum absolute atomic E-state index is 12.7. The monoisotopic (exact) mass is 381 g/mol. The average molecular weight is 382 g/mol. The number of nitriles is 1. The zero-order chi connectivity index (χ0) is 20.1. The number of nitrogens with zero attached hydrogens (tertiary/aromatic N) is 1. The zero-order valence-corrected chi connectivity index (χ0v) is 17.2. The zero-order valence-electron chi connectivity index (χ0n) is 17.2.